The number of hydrogen-bond acceptors (Lipinski definition) is 14. The maximum absolute atomic E-state index is 14.2. The molecule has 5 aliphatic rings. The summed E-state index contributed by atoms with van der Waals surface area (Å²) in [5, 5.41) is 10.4. The topological polar surface area (TPSA) is 219 Å². The molecule has 2 aromatic heterocycles. The summed E-state index contributed by atoms with van der Waals surface area (Å²) in [4.78, 5) is 80.1. The molecule has 0 spiro atoms. The van der Waals surface area contributed by atoms with Crippen molar-refractivity contribution in [3.8, 4) is 11.5 Å². The Morgan fingerprint density at radius 3 is 2.54 bits per heavy atom. The number of fused-ring (bicyclic) bond motifs is 2. The third-order valence-electron chi connectivity index (χ3n) is 17.2. The van der Waals surface area contributed by atoms with E-state index in [0.717, 1.165) is 137 Å². The number of aromatic nitrogens is 2. The second-order valence-corrected chi connectivity index (χ2v) is 25.7. The summed E-state index contributed by atoms with van der Waals surface area (Å²) in [6.45, 7) is 12.4. The van der Waals surface area contributed by atoms with Crippen LogP contribution in [0, 0.1) is 16.2 Å². The zero-order valence-electron chi connectivity index (χ0n) is 47.1. The molecule has 6 heterocycles. The number of benzene rings is 4. The van der Waals surface area contributed by atoms with Gasteiger partial charge in [0.15, 0.2) is 0 Å². The molecule has 0 bridgehead atoms. The molecule has 2 unspecified atom stereocenters. The molecule has 3 fully saturated rings. The number of rotatable bonds is 20. The van der Waals surface area contributed by atoms with Crippen LogP contribution in [0.25, 0.3) is 16.6 Å². The van der Waals surface area contributed by atoms with E-state index in [2.05, 4.69) is 77.2 Å². The first-order valence-corrected chi connectivity index (χ1v) is 30.9. The smallest absolute Gasteiger partial charge is 0.268 e. The van der Waals surface area contributed by atoms with Crippen molar-refractivity contribution in [2.75, 3.05) is 69.1 Å². The molecule has 3 saturated heterocycles. The number of piperazine rings is 1. The van der Waals surface area contributed by atoms with E-state index in [-0.39, 0.29) is 51.5 Å². The van der Waals surface area contributed by atoms with Crippen LogP contribution >= 0.6 is 11.6 Å². The Morgan fingerprint density at radius 1 is 0.904 bits per heavy atom. The van der Waals surface area contributed by atoms with Crippen molar-refractivity contribution in [2.24, 2.45) is 16.5 Å². The summed E-state index contributed by atoms with van der Waals surface area (Å²) in [6, 6.07) is 26.2. The number of likely N-dealkylation sites (tertiary alicyclic amines) is 1. The number of nitrogens with one attached hydrogen (secondary N) is 4. The third kappa shape index (κ3) is 13.3. The quantitative estimate of drug-likeness (QED) is 0.0318. The highest BCUT2D eigenvalue weighted by Gasteiger charge is 2.40. The molecule has 4 aliphatic heterocycles. The number of piperidine rings is 2. The molecule has 4 aromatic carbocycles. The van der Waals surface area contributed by atoms with Crippen LogP contribution in [0.15, 0.2) is 119 Å². The van der Waals surface area contributed by atoms with Crippen LogP contribution in [0.1, 0.15) is 115 Å². The molecule has 434 valence electrons. The van der Waals surface area contributed by atoms with Crippen LogP contribution in [-0.2, 0) is 32.6 Å². The third-order valence-corrected chi connectivity index (χ3v) is 18.8. The number of carbonyl (C=O) groups is 4. The highest BCUT2D eigenvalue weighted by molar-refractivity contribution is 7.90. The Kier molecular flexibility index (Phi) is 17.1. The number of ether oxygens (including phenoxy) is 1. The van der Waals surface area contributed by atoms with Crippen molar-refractivity contribution in [3.05, 3.63) is 147 Å². The monoisotopic (exact) mass is 1160 g/mol. The molecule has 20 heteroatoms. The van der Waals surface area contributed by atoms with E-state index in [4.69, 9.17) is 16.3 Å². The molecule has 6 aromatic rings. The maximum atomic E-state index is 14.2. The first kappa shape index (κ1) is 57.4. The van der Waals surface area contributed by atoms with E-state index in [1.807, 2.05) is 36.4 Å². The van der Waals surface area contributed by atoms with Gasteiger partial charge < -0.3 is 29.7 Å². The van der Waals surface area contributed by atoms with Gasteiger partial charge in [0.2, 0.25) is 11.8 Å². The number of aromatic amines is 1. The number of nitroso groups, excluding NO2 is 1. The number of aryl methyl sites for hydroxylation is 1. The number of anilines is 2. The van der Waals surface area contributed by atoms with Gasteiger partial charge in [0.1, 0.15) is 28.9 Å². The van der Waals surface area contributed by atoms with Crippen LogP contribution in [0.5, 0.6) is 11.5 Å². The summed E-state index contributed by atoms with van der Waals surface area (Å²) in [7, 11) is -4.50. The molecule has 18 nitrogen and oxygen atoms in total. The molecule has 83 heavy (non-hydrogen) atoms. The fraction of sp³-hybridized carbons (Fsp3) is 0.413. The summed E-state index contributed by atoms with van der Waals surface area (Å²) in [6.07, 6.45) is 12.9. The van der Waals surface area contributed by atoms with Crippen molar-refractivity contribution in [1.82, 2.24) is 34.7 Å². The highest BCUT2D eigenvalue weighted by atomic mass is 35.5. The number of sulfonamides is 1. The van der Waals surface area contributed by atoms with Gasteiger partial charge in [-0.2, -0.15) is 0 Å². The number of allylic oxidation sites excluding steroid dienone is 1. The number of unbranched alkanes of at least 4 members (excludes halogenated alkanes) is 2. The first-order valence-electron chi connectivity index (χ1n) is 29.0. The Bertz CT molecular complexity index is 3600. The molecule has 11 rings (SSSR count). The van der Waals surface area contributed by atoms with Gasteiger partial charge in [-0.15, -0.1) is 4.91 Å². The Hall–Kier alpha value is -7.45. The highest BCUT2D eigenvalue weighted by Crippen LogP contribution is 2.44. The number of hydrogen-bond donors (Lipinski definition) is 4. The van der Waals surface area contributed by atoms with E-state index >= 15 is 0 Å². The Morgan fingerprint density at radius 2 is 1.73 bits per heavy atom. The SMILES string of the molecule is CC1(C)CCC(CN2CCN(c3ccc(C(=O)NS(=O)(=O)c4ccc(NCC5CCCN(CCCCCc6cccc7c6CN(C6CCC(=O)NC6=O)C7=O)C5)c(N=O)c4)c(Oc4cnc5[nH]ccc5c4)c3)CC2)=C(c2ccc(Cl)cc2)C1. The second-order valence-electron chi connectivity index (χ2n) is 23.6. The van der Waals surface area contributed by atoms with Crippen molar-refractivity contribution in [2.45, 2.75) is 102 Å². The molecule has 2 atom stereocenters. The number of imide groups is 1. The van der Waals surface area contributed by atoms with E-state index < -0.39 is 27.9 Å². The fourth-order valence-electron chi connectivity index (χ4n) is 12.6. The normalized spacial score (nSPS) is 19.7. The zero-order valence-corrected chi connectivity index (χ0v) is 48.6. The lowest BCUT2D eigenvalue weighted by Gasteiger charge is -2.39. The number of H-pyrrole nitrogens is 1. The second kappa shape index (κ2) is 24.8. The minimum atomic E-state index is -4.50. The number of carbonyl (C=O) groups excluding carboxylic acids is 4. The average molecular weight is 1160 g/mol. The summed E-state index contributed by atoms with van der Waals surface area (Å²) < 4.78 is 36.6. The van der Waals surface area contributed by atoms with Gasteiger partial charge in [0.25, 0.3) is 21.8 Å². The maximum Gasteiger partial charge on any atom is 0.268 e. The fourth-order valence-corrected chi connectivity index (χ4v) is 13.7. The van der Waals surface area contributed by atoms with E-state index in [1.165, 1.54) is 34.9 Å². The predicted octanol–water partition coefficient (Wildman–Crippen LogP) is 10.6. The first-order chi connectivity index (χ1) is 40.1. The Labute approximate surface area is 489 Å². The van der Waals surface area contributed by atoms with Crippen molar-refractivity contribution in [1.29, 1.82) is 0 Å². The summed E-state index contributed by atoms with van der Waals surface area (Å²) >= 11 is 6.28. The van der Waals surface area contributed by atoms with Crippen LogP contribution in [-0.4, -0.2) is 122 Å². The molecule has 1 aliphatic carbocycles. The van der Waals surface area contributed by atoms with Gasteiger partial charge >= 0.3 is 0 Å². The number of amides is 4. The van der Waals surface area contributed by atoms with Crippen LogP contribution in [0.4, 0.5) is 17.1 Å². The summed E-state index contributed by atoms with van der Waals surface area (Å²) in [5.74, 6) is -0.978. The number of pyridine rings is 1. The van der Waals surface area contributed by atoms with E-state index in [1.54, 1.807) is 35.5 Å². The molecule has 0 radical (unpaired) electrons. The lowest BCUT2D eigenvalue weighted by Crippen LogP contribution is -2.52. The average Bonchev–Trinajstić information content (AvgIpc) is 4.13. The molecular weight excluding hydrogens is 1090 g/mol. The zero-order chi connectivity index (χ0) is 57.8. The van der Waals surface area contributed by atoms with Crippen molar-refractivity contribution < 1.29 is 32.3 Å². The Balaban J connectivity index is 0.690. The van der Waals surface area contributed by atoms with Crippen LogP contribution < -0.4 is 25.0 Å². The molecule has 0 saturated carbocycles. The lowest BCUT2D eigenvalue weighted by molar-refractivity contribution is -0.136. The van der Waals surface area contributed by atoms with Crippen LogP contribution in [0.2, 0.25) is 5.02 Å². The largest absolute Gasteiger partial charge is 0.455 e. The standard InChI is InChI=1S/C63H71ClN10O8S/c1-63(2)24-22-45(52(35-63)43-12-14-46(64)15-13-43)39-72-28-30-73(31-29-72)47-16-18-51(57(33-47)82-48-32-44-23-25-65-59(44)67-37-48)60(76)70-83(80,81)49-17-19-54(55(34-49)69-79)66-36-41-8-7-27-71(38-41)26-5-3-4-9-42-10-6-11-50-53(42)40-74(62(50)78)56-20-21-58(75)68-61(56)77/h6,10-19,23,25,32-34,37,41,56,66H,3-5,7-9,20-22,24,26-31,35-36,38-40H2,1-2H3,(H,65,67)(H,70,76)(H,68,75,77). The minimum absolute atomic E-state index is 0.00374. The molecule has 4 N–H and O–H groups in total. The van der Waals surface area contributed by atoms with Crippen molar-refractivity contribution in [3.63, 3.8) is 0 Å². The summed E-state index contributed by atoms with van der Waals surface area (Å²) in [5.41, 5.74) is 8.86. The van der Waals surface area contributed by atoms with Gasteiger partial charge in [0, 0.05) is 92.7 Å². The molecule has 4 amide bonds. The van der Waals surface area contributed by atoms with Crippen LogP contribution in [0.3, 0.4) is 0 Å². The predicted molar refractivity (Wildman–Crippen MR) is 322 cm³/mol. The number of halogens is 1. The van der Waals surface area contributed by atoms with Gasteiger partial charge in [-0.3, -0.25) is 29.4 Å². The molecular formula is C63H71ClN10O8S. The van der Waals surface area contributed by atoms with E-state index in [9.17, 15) is 32.5 Å². The van der Waals surface area contributed by atoms with Gasteiger partial charge in [-0.1, -0.05) is 61.7 Å². The lowest BCUT2D eigenvalue weighted by atomic mass is 9.72. The number of nitrogens with zero attached hydrogens (tertiary/aromatic N) is 6. The van der Waals surface area contributed by atoms with E-state index in [0.29, 0.717) is 42.2 Å². The van der Waals surface area contributed by atoms with Gasteiger partial charge in [0.05, 0.1) is 22.3 Å². The van der Waals surface area contributed by atoms with Gasteiger partial charge in [-0.25, -0.2) is 18.1 Å². The van der Waals surface area contributed by atoms with Gasteiger partial charge in [-0.05, 0) is 170 Å². The van der Waals surface area contributed by atoms with Crippen molar-refractivity contribution >= 4 is 78.9 Å². The minimum Gasteiger partial charge on any atom is -0.455 e.